The molecule has 0 aliphatic heterocycles. The van der Waals surface area contributed by atoms with Gasteiger partial charge in [0, 0.05) is 6.54 Å². The molecule has 2 rings (SSSR count). The molecule has 0 saturated heterocycles. The number of rotatable bonds is 6. The fourth-order valence-corrected chi connectivity index (χ4v) is 1.73. The molecule has 0 spiro atoms. The SMILES string of the molecule is CCCn1ncnc1COc1ccc([B-](F)(F)F)cc1. The van der Waals surface area contributed by atoms with E-state index in [1.807, 2.05) is 6.92 Å². The summed E-state index contributed by atoms with van der Waals surface area (Å²) in [4.78, 5) is 4.06. The van der Waals surface area contributed by atoms with E-state index in [-0.39, 0.29) is 6.61 Å². The summed E-state index contributed by atoms with van der Waals surface area (Å²) in [6, 6.07) is 4.66. The molecule has 108 valence electrons. The van der Waals surface area contributed by atoms with Crippen LogP contribution in [0.1, 0.15) is 19.2 Å². The fraction of sp³-hybridized carbons (Fsp3) is 0.333. The monoisotopic (exact) mass is 284 g/mol. The molecule has 2 aromatic rings. The Hall–Kier alpha value is -1.99. The van der Waals surface area contributed by atoms with E-state index in [0.717, 1.165) is 25.1 Å². The van der Waals surface area contributed by atoms with Gasteiger partial charge in [-0.3, -0.25) is 0 Å². The average molecular weight is 284 g/mol. The van der Waals surface area contributed by atoms with Crippen molar-refractivity contribution in [1.82, 2.24) is 14.8 Å². The zero-order valence-corrected chi connectivity index (χ0v) is 11.0. The second-order valence-corrected chi connectivity index (χ2v) is 4.33. The van der Waals surface area contributed by atoms with Gasteiger partial charge in [0.1, 0.15) is 18.7 Å². The van der Waals surface area contributed by atoms with Crippen LogP contribution in [0.5, 0.6) is 5.75 Å². The maximum Gasteiger partial charge on any atom is 0.509 e. The minimum absolute atomic E-state index is 0.177. The number of benzene rings is 1. The highest BCUT2D eigenvalue weighted by atomic mass is 19.4. The lowest BCUT2D eigenvalue weighted by Crippen LogP contribution is -2.33. The van der Waals surface area contributed by atoms with Crippen molar-refractivity contribution in [1.29, 1.82) is 0 Å². The Kier molecular flexibility index (Phi) is 4.31. The lowest BCUT2D eigenvalue weighted by atomic mass is 9.80. The standard InChI is InChI=1S/C12H14BF3N3O/c1-2-7-19-12(17-9-18-19)8-20-11-5-3-10(4-6-11)13(14,15)16/h3-6,9H,2,7-8H2,1H3/q-1. The van der Waals surface area contributed by atoms with Crippen LogP contribution in [-0.2, 0) is 13.2 Å². The van der Waals surface area contributed by atoms with Gasteiger partial charge in [0.2, 0.25) is 0 Å². The number of ether oxygens (including phenoxy) is 1. The molecule has 0 N–H and O–H groups in total. The molecule has 0 aliphatic carbocycles. The van der Waals surface area contributed by atoms with E-state index in [2.05, 4.69) is 10.1 Å². The molecule has 0 atom stereocenters. The predicted octanol–water partition coefficient (Wildman–Crippen LogP) is 2.32. The van der Waals surface area contributed by atoms with E-state index in [0.29, 0.717) is 11.6 Å². The van der Waals surface area contributed by atoms with Crippen molar-refractivity contribution in [2.45, 2.75) is 26.5 Å². The van der Waals surface area contributed by atoms with Gasteiger partial charge < -0.3 is 17.7 Å². The first-order chi connectivity index (χ1) is 9.50. The van der Waals surface area contributed by atoms with Gasteiger partial charge in [0.05, 0.1) is 0 Å². The second-order valence-electron chi connectivity index (χ2n) is 4.33. The van der Waals surface area contributed by atoms with Gasteiger partial charge in [-0.1, -0.05) is 19.1 Å². The minimum atomic E-state index is -4.96. The number of nitrogens with zero attached hydrogens (tertiary/aromatic N) is 3. The third-order valence-electron chi connectivity index (χ3n) is 2.76. The molecule has 1 heterocycles. The summed E-state index contributed by atoms with van der Waals surface area (Å²) in [6.07, 6.45) is 2.35. The largest absolute Gasteiger partial charge is 0.509 e. The Morgan fingerprint density at radius 1 is 1.20 bits per heavy atom. The van der Waals surface area contributed by atoms with Gasteiger partial charge in [-0.25, -0.2) is 9.67 Å². The summed E-state index contributed by atoms with van der Waals surface area (Å²) in [7, 11) is 0. The van der Waals surface area contributed by atoms with E-state index in [9.17, 15) is 12.9 Å². The van der Waals surface area contributed by atoms with Gasteiger partial charge in [-0.15, -0.1) is 5.46 Å². The molecule has 0 amide bonds. The Morgan fingerprint density at radius 3 is 2.50 bits per heavy atom. The van der Waals surface area contributed by atoms with E-state index >= 15 is 0 Å². The van der Waals surface area contributed by atoms with Crippen LogP contribution >= 0.6 is 0 Å². The topological polar surface area (TPSA) is 39.9 Å². The molecule has 1 aromatic carbocycles. The second kappa shape index (κ2) is 5.98. The quantitative estimate of drug-likeness (QED) is 0.764. The smallest absolute Gasteiger partial charge is 0.486 e. The van der Waals surface area contributed by atoms with Gasteiger partial charge in [-0.2, -0.15) is 5.10 Å². The van der Waals surface area contributed by atoms with Crippen molar-refractivity contribution in [2.24, 2.45) is 0 Å². The Balaban J connectivity index is 1.99. The summed E-state index contributed by atoms with van der Waals surface area (Å²) >= 11 is 0. The average Bonchev–Trinajstić information content (AvgIpc) is 2.84. The summed E-state index contributed by atoms with van der Waals surface area (Å²) in [5.74, 6) is 1.02. The number of aryl methyl sites for hydroxylation is 1. The highest BCUT2D eigenvalue weighted by Gasteiger charge is 2.24. The van der Waals surface area contributed by atoms with Gasteiger partial charge in [0.25, 0.3) is 0 Å². The summed E-state index contributed by atoms with van der Waals surface area (Å²) in [6.45, 7) is -2.04. The van der Waals surface area contributed by atoms with Crippen LogP contribution in [0.15, 0.2) is 30.6 Å². The number of aromatic nitrogens is 3. The maximum absolute atomic E-state index is 12.5. The van der Waals surface area contributed by atoms with Crippen molar-refractivity contribution in [3.8, 4) is 5.75 Å². The first-order valence-corrected chi connectivity index (χ1v) is 6.30. The first kappa shape index (κ1) is 14.4. The molecule has 4 nitrogen and oxygen atoms in total. The summed E-state index contributed by atoms with van der Waals surface area (Å²) in [5, 5.41) is 4.04. The molecule has 8 heteroatoms. The van der Waals surface area contributed by atoms with Crippen molar-refractivity contribution in [3.05, 3.63) is 36.4 Å². The van der Waals surface area contributed by atoms with Crippen LogP contribution in [-0.4, -0.2) is 21.7 Å². The normalized spacial score (nSPS) is 11.6. The van der Waals surface area contributed by atoms with Crippen molar-refractivity contribution >= 4 is 12.4 Å². The highest BCUT2D eigenvalue weighted by molar-refractivity contribution is 6.73. The molecule has 0 bridgehead atoms. The lowest BCUT2D eigenvalue weighted by molar-refractivity contribution is 0.286. The Morgan fingerprint density at radius 2 is 1.90 bits per heavy atom. The van der Waals surface area contributed by atoms with E-state index in [4.69, 9.17) is 4.74 Å². The van der Waals surface area contributed by atoms with Crippen LogP contribution in [0.2, 0.25) is 0 Å². The lowest BCUT2D eigenvalue weighted by Gasteiger charge is -2.15. The molecule has 0 saturated carbocycles. The van der Waals surface area contributed by atoms with Crippen LogP contribution in [0.3, 0.4) is 0 Å². The van der Waals surface area contributed by atoms with Crippen LogP contribution < -0.4 is 10.2 Å². The highest BCUT2D eigenvalue weighted by Crippen LogP contribution is 2.14. The molecule has 1 aromatic heterocycles. The summed E-state index contributed by atoms with van der Waals surface area (Å²) < 4.78 is 44.5. The van der Waals surface area contributed by atoms with Crippen molar-refractivity contribution in [3.63, 3.8) is 0 Å². The van der Waals surface area contributed by atoms with Crippen LogP contribution in [0.25, 0.3) is 0 Å². The van der Waals surface area contributed by atoms with Crippen molar-refractivity contribution < 1.29 is 17.7 Å². The predicted molar refractivity (Wildman–Crippen MR) is 69.8 cm³/mol. The summed E-state index contributed by atoms with van der Waals surface area (Å²) in [5.41, 5.74) is -0.633. The first-order valence-electron chi connectivity index (χ1n) is 6.30. The maximum atomic E-state index is 12.5. The van der Waals surface area contributed by atoms with E-state index in [1.54, 1.807) is 4.68 Å². The van der Waals surface area contributed by atoms with E-state index in [1.165, 1.54) is 18.5 Å². The molecule has 0 radical (unpaired) electrons. The van der Waals surface area contributed by atoms with Gasteiger partial charge in [-0.05, 0) is 18.6 Å². The number of hydrogen-bond donors (Lipinski definition) is 0. The molecule has 0 fully saturated rings. The minimum Gasteiger partial charge on any atom is -0.486 e. The van der Waals surface area contributed by atoms with Crippen LogP contribution in [0, 0.1) is 0 Å². The molecule has 0 unspecified atom stereocenters. The molecular formula is C12H14BF3N3O-. The third kappa shape index (κ3) is 3.52. The Labute approximate surface area is 114 Å². The number of halogens is 3. The van der Waals surface area contributed by atoms with Crippen molar-refractivity contribution in [2.75, 3.05) is 0 Å². The van der Waals surface area contributed by atoms with Gasteiger partial charge in [0.15, 0.2) is 5.82 Å². The molecule has 20 heavy (non-hydrogen) atoms. The fourth-order valence-electron chi connectivity index (χ4n) is 1.73. The van der Waals surface area contributed by atoms with Crippen LogP contribution in [0.4, 0.5) is 12.9 Å². The van der Waals surface area contributed by atoms with E-state index < -0.39 is 12.4 Å². The molecular weight excluding hydrogens is 270 g/mol. The zero-order valence-electron chi connectivity index (χ0n) is 11.0. The molecule has 0 aliphatic rings. The zero-order chi connectivity index (χ0) is 14.6. The third-order valence-corrected chi connectivity index (χ3v) is 2.76. The van der Waals surface area contributed by atoms with Gasteiger partial charge >= 0.3 is 6.98 Å². The number of hydrogen-bond acceptors (Lipinski definition) is 3. The Bertz CT molecular complexity index is 554.